The van der Waals surface area contributed by atoms with Gasteiger partial charge in [-0.05, 0) is 55.1 Å². The summed E-state index contributed by atoms with van der Waals surface area (Å²) in [4.78, 5) is 0. The molecule has 0 spiro atoms. The molecule has 3 rings (SSSR count). The zero-order chi connectivity index (χ0) is 13.9. The number of rotatable bonds is 4. The molecule has 1 heteroatoms. The fourth-order valence-electron chi connectivity index (χ4n) is 4.33. The Balaban J connectivity index is 1.52. The molecule has 0 aliphatic heterocycles. The normalized spacial score (nSPS) is 26.9. The summed E-state index contributed by atoms with van der Waals surface area (Å²) >= 11 is 0. The Bertz CT molecular complexity index is 412. The zero-order valence-corrected chi connectivity index (χ0v) is 13.1. The summed E-state index contributed by atoms with van der Waals surface area (Å²) < 4.78 is 0. The highest BCUT2D eigenvalue weighted by molar-refractivity contribution is 5.33. The van der Waals surface area contributed by atoms with Crippen molar-refractivity contribution in [1.82, 2.24) is 5.32 Å². The fourth-order valence-corrected chi connectivity index (χ4v) is 4.33. The van der Waals surface area contributed by atoms with E-state index in [1.165, 1.54) is 44.9 Å². The summed E-state index contributed by atoms with van der Waals surface area (Å²) in [7, 11) is 0. The first-order valence-electron chi connectivity index (χ1n) is 8.53. The van der Waals surface area contributed by atoms with E-state index in [9.17, 15) is 0 Å². The van der Waals surface area contributed by atoms with Crippen molar-refractivity contribution in [2.24, 2.45) is 11.8 Å². The van der Waals surface area contributed by atoms with Gasteiger partial charge < -0.3 is 5.32 Å². The SMILES string of the molecule is CC(C)CC1CCCC(NC2Cc3ccccc3C2)C1. The number of fused-ring (bicyclic) bond motifs is 1. The molecule has 1 aromatic carbocycles. The lowest BCUT2D eigenvalue weighted by Crippen LogP contribution is -2.41. The van der Waals surface area contributed by atoms with Crippen LogP contribution < -0.4 is 5.32 Å². The highest BCUT2D eigenvalue weighted by Gasteiger charge is 2.27. The van der Waals surface area contributed by atoms with Crippen LogP contribution in [0, 0.1) is 11.8 Å². The van der Waals surface area contributed by atoms with Gasteiger partial charge in [0, 0.05) is 12.1 Å². The quantitative estimate of drug-likeness (QED) is 0.858. The van der Waals surface area contributed by atoms with E-state index in [0.717, 1.165) is 17.9 Å². The van der Waals surface area contributed by atoms with Crippen LogP contribution in [0.1, 0.15) is 57.1 Å². The van der Waals surface area contributed by atoms with Gasteiger partial charge in [0.15, 0.2) is 0 Å². The van der Waals surface area contributed by atoms with Crippen molar-refractivity contribution in [3.05, 3.63) is 35.4 Å². The predicted octanol–water partition coefficient (Wildman–Crippen LogP) is 4.35. The maximum atomic E-state index is 3.97. The first kappa shape index (κ1) is 14.1. The predicted molar refractivity (Wildman–Crippen MR) is 86.0 cm³/mol. The number of nitrogens with one attached hydrogen (secondary N) is 1. The van der Waals surface area contributed by atoms with E-state index in [1.54, 1.807) is 11.1 Å². The van der Waals surface area contributed by atoms with Crippen molar-refractivity contribution < 1.29 is 0 Å². The van der Waals surface area contributed by atoms with Crippen LogP contribution in [0.3, 0.4) is 0 Å². The van der Waals surface area contributed by atoms with Crippen LogP contribution in [0.5, 0.6) is 0 Å². The average molecular weight is 271 g/mol. The van der Waals surface area contributed by atoms with E-state index in [-0.39, 0.29) is 0 Å². The molecule has 2 aliphatic carbocycles. The molecule has 0 heterocycles. The van der Waals surface area contributed by atoms with E-state index < -0.39 is 0 Å². The van der Waals surface area contributed by atoms with Gasteiger partial charge in [-0.25, -0.2) is 0 Å². The van der Waals surface area contributed by atoms with Crippen LogP contribution in [-0.2, 0) is 12.8 Å². The van der Waals surface area contributed by atoms with Gasteiger partial charge in [0.1, 0.15) is 0 Å². The van der Waals surface area contributed by atoms with Crippen LogP contribution in [0.2, 0.25) is 0 Å². The minimum absolute atomic E-state index is 0.690. The maximum Gasteiger partial charge on any atom is 0.0151 e. The number of hydrogen-bond acceptors (Lipinski definition) is 1. The molecule has 0 saturated heterocycles. The standard InChI is InChI=1S/C19H29N/c1-14(2)10-15-6-5-9-18(11-15)20-19-12-16-7-3-4-8-17(16)13-19/h3-4,7-8,14-15,18-20H,5-6,9-13H2,1-2H3. The lowest BCUT2D eigenvalue weighted by molar-refractivity contribution is 0.240. The molecule has 1 saturated carbocycles. The second kappa shape index (κ2) is 6.30. The highest BCUT2D eigenvalue weighted by Crippen LogP contribution is 2.30. The number of hydrogen-bond donors (Lipinski definition) is 1. The first-order valence-corrected chi connectivity index (χ1v) is 8.53. The highest BCUT2D eigenvalue weighted by atomic mass is 15.0. The monoisotopic (exact) mass is 271 g/mol. The van der Waals surface area contributed by atoms with Gasteiger partial charge in [-0.15, -0.1) is 0 Å². The molecule has 2 unspecified atom stereocenters. The average Bonchev–Trinajstić information content (AvgIpc) is 2.80. The largest absolute Gasteiger partial charge is 0.311 e. The summed E-state index contributed by atoms with van der Waals surface area (Å²) in [6, 6.07) is 10.4. The topological polar surface area (TPSA) is 12.0 Å². The van der Waals surface area contributed by atoms with E-state index in [0.29, 0.717) is 6.04 Å². The summed E-state index contributed by atoms with van der Waals surface area (Å²) in [6.07, 6.45) is 9.58. The minimum Gasteiger partial charge on any atom is -0.311 e. The van der Waals surface area contributed by atoms with Gasteiger partial charge in [0.25, 0.3) is 0 Å². The van der Waals surface area contributed by atoms with Gasteiger partial charge in [-0.3, -0.25) is 0 Å². The lowest BCUT2D eigenvalue weighted by Gasteiger charge is -2.32. The Labute approximate surface area is 124 Å². The Morgan fingerprint density at radius 1 is 1.05 bits per heavy atom. The van der Waals surface area contributed by atoms with E-state index in [1.807, 2.05) is 0 Å². The second-order valence-corrected chi connectivity index (χ2v) is 7.40. The van der Waals surface area contributed by atoms with Gasteiger partial charge in [0.05, 0.1) is 0 Å². The van der Waals surface area contributed by atoms with E-state index in [4.69, 9.17) is 0 Å². The van der Waals surface area contributed by atoms with Crippen LogP contribution in [0.15, 0.2) is 24.3 Å². The molecule has 1 nitrogen and oxygen atoms in total. The van der Waals surface area contributed by atoms with Gasteiger partial charge in [0.2, 0.25) is 0 Å². The van der Waals surface area contributed by atoms with Crippen molar-refractivity contribution in [2.45, 2.75) is 70.9 Å². The zero-order valence-electron chi connectivity index (χ0n) is 13.1. The van der Waals surface area contributed by atoms with Crippen LogP contribution in [0.25, 0.3) is 0 Å². The van der Waals surface area contributed by atoms with Crippen molar-refractivity contribution in [3.63, 3.8) is 0 Å². The van der Waals surface area contributed by atoms with Crippen molar-refractivity contribution >= 4 is 0 Å². The summed E-state index contributed by atoms with van der Waals surface area (Å²) in [6.45, 7) is 4.73. The molecule has 0 amide bonds. The molecule has 1 fully saturated rings. The molecule has 2 atom stereocenters. The Morgan fingerprint density at radius 2 is 1.75 bits per heavy atom. The van der Waals surface area contributed by atoms with Crippen molar-refractivity contribution in [3.8, 4) is 0 Å². The Morgan fingerprint density at radius 3 is 2.40 bits per heavy atom. The third-order valence-corrected chi connectivity index (χ3v) is 5.11. The molecule has 0 radical (unpaired) electrons. The summed E-state index contributed by atoms with van der Waals surface area (Å²) in [5, 5.41) is 3.97. The third-order valence-electron chi connectivity index (χ3n) is 5.11. The molecular weight excluding hydrogens is 242 g/mol. The van der Waals surface area contributed by atoms with Crippen LogP contribution >= 0.6 is 0 Å². The molecule has 2 aliphatic rings. The van der Waals surface area contributed by atoms with E-state index >= 15 is 0 Å². The van der Waals surface area contributed by atoms with Crippen LogP contribution in [-0.4, -0.2) is 12.1 Å². The molecule has 1 N–H and O–H groups in total. The molecule has 20 heavy (non-hydrogen) atoms. The molecular formula is C19H29N. The molecule has 110 valence electrons. The second-order valence-electron chi connectivity index (χ2n) is 7.40. The Kier molecular flexibility index (Phi) is 4.45. The fraction of sp³-hybridized carbons (Fsp3) is 0.684. The van der Waals surface area contributed by atoms with Crippen molar-refractivity contribution in [2.75, 3.05) is 0 Å². The van der Waals surface area contributed by atoms with Crippen LogP contribution in [0.4, 0.5) is 0 Å². The minimum atomic E-state index is 0.690. The van der Waals surface area contributed by atoms with Gasteiger partial charge >= 0.3 is 0 Å². The lowest BCUT2D eigenvalue weighted by atomic mass is 9.81. The molecule has 0 aromatic heterocycles. The van der Waals surface area contributed by atoms with Gasteiger partial charge in [-0.1, -0.05) is 51.0 Å². The maximum absolute atomic E-state index is 3.97. The molecule has 1 aromatic rings. The smallest absolute Gasteiger partial charge is 0.0151 e. The van der Waals surface area contributed by atoms with Crippen molar-refractivity contribution in [1.29, 1.82) is 0 Å². The third kappa shape index (κ3) is 3.44. The summed E-state index contributed by atoms with van der Waals surface area (Å²) in [5.41, 5.74) is 3.14. The van der Waals surface area contributed by atoms with Gasteiger partial charge in [-0.2, -0.15) is 0 Å². The Hall–Kier alpha value is -0.820. The summed E-state index contributed by atoms with van der Waals surface area (Å²) in [5.74, 6) is 1.82. The molecule has 0 bridgehead atoms. The number of benzene rings is 1. The van der Waals surface area contributed by atoms with E-state index in [2.05, 4.69) is 43.4 Å². The first-order chi connectivity index (χ1) is 9.70.